The van der Waals surface area contributed by atoms with E-state index in [1.807, 2.05) is 60.7 Å². The molecule has 38 heavy (non-hydrogen) atoms. The molecule has 0 bridgehead atoms. The third-order valence-electron chi connectivity index (χ3n) is 6.21. The number of benzene rings is 2. The molecule has 10 heteroatoms. The Morgan fingerprint density at radius 1 is 0.947 bits per heavy atom. The zero-order valence-corrected chi connectivity index (χ0v) is 21.7. The fourth-order valence-corrected chi connectivity index (χ4v) is 4.25. The molecule has 0 radical (unpaired) electrons. The summed E-state index contributed by atoms with van der Waals surface area (Å²) >= 11 is 0. The van der Waals surface area contributed by atoms with Gasteiger partial charge in [0.2, 0.25) is 11.8 Å². The minimum absolute atomic E-state index is 0.0276. The number of alkyl carbamates (subject to hydrolysis) is 1. The van der Waals surface area contributed by atoms with Crippen molar-refractivity contribution in [3.05, 3.63) is 71.8 Å². The second kappa shape index (κ2) is 14.1. The lowest BCUT2D eigenvalue weighted by Gasteiger charge is -2.28. The van der Waals surface area contributed by atoms with Crippen molar-refractivity contribution in [1.82, 2.24) is 21.3 Å². The van der Waals surface area contributed by atoms with Crippen molar-refractivity contribution in [3.63, 3.8) is 0 Å². The van der Waals surface area contributed by atoms with Crippen molar-refractivity contribution in [2.45, 2.75) is 63.9 Å². The van der Waals surface area contributed by atoms with Crippen molar-refractivity contribution in [1.29, 1.82) is 0 Å². The molecule has 2 unspecified atom stereocenters. The summed E-state index contributed by atoms with van der Waals surface area (Å²) in [6.07, 6.45) is -1.62. The molecule has 0 aliphatic carbocycles. The third kappa shape index (κ3) is 8.88. The molecule has 0 aromatic heterocycles. The summed E-state index contributed by atoms with van der Waals surface area (Å²) in [5, 5.41) is 21.5. The van der Waals surface area contributed by atoms with Gasteiger partial charge in [0, 0.05) is 24.9 Å². The Kier molecular flexibility index (Phi) is 10.7. The summed E-state index contributed by atoms with van der Waals surface area (Å²) < 4.78 is 5.31. The normalized spacial score (nSPS) is 17.2. The minimum Gasteiger partial charge on any atom is -0.445 e. The van der Waals surface area contributed by atoms with Gasteiger partial charge in [-0.05, 0) is 37.8 Å². The van der Waals surface area contributed by atoms with E-state index in [0.29, 0.717) is 13.0 Å². The second-order valence-corrected chi connectivity index (χ2v) is 9.68. The van der Waals surface area contributed by atoms with E-state index >= 15 is 0 Å². The maximum absolute atomic E-state index is 13.4. The van der Waals surface area contributed by atoms with Crippen LogP contribution in [0.1, 0.15) is 37.8 Å². The number of rotatable bonds is 12. The monoisotopic (exact) mass is 524 g/mol. The number of ether oxygens (including phenoxy) is 1. The van der Waals surface area contributed by atoms with Gasteiger partial charge in [0.15, 0.2) is 6.10 Å². The number of hydrogen-bond donors (Lipinski definition) is 5. The summed E-state index contributed by atoms with van der Waals surface area (Å²) in [6, 6.07) is 15.9. The first-order chi connectivity index (χ1) is 18.2. The predicted octanol–water partition coefficient (Wildman–Crippen LogP) is 1.42. The third-order valence-corrected chi connectivity index (χ3v) is 6.21. The molecular weight excluding hydrogens is 488 g/mol. The molecule has 4 amide bonds. The minimum atomic E-state index is -1.59. The lowest BCUT2D eigenvalue weighted by molar-refractivity contribution is -0.134. The molecule has 0 saturated carbocycles. The number of aliphatic hydroxyl groups excluding tert-OH is 1. The lowest BCUT2D eigenvalue weighted by Crippen LogP contribution is -2.57. The van der Waals surface area contributed by atoms with E-state index in [-0.39, 0.29) is 31.4 Å². The molecule has 1 aliphatic heterocycles. The molecule has 1 heterocycles. The van der Waals surface area contributed by atoms with E-state index < -0.39 is 42.0 Å². The van der Waals surface area contributed by atoms with Crippen LogP contribution >= 0.6 is 0 Å². The summed E-state index contributed by atoms with van der Waals surface area (Å²) in [6.45, 7) is 4.02. The predicted molar refractivity (Wildman–Crippen MR) is 141 cm³/mol. The first-order valence-electron chi connectivity index (χ1n) is 12.8. The van der Waals surface area contributed by atoms with Crippen LogP contribution in [0.2, 0.25) is 0 Å². The van der Waals surface area contributed by atoms with Gasteiger partial charge in [-0.25, -0.2) is 4.79 Å². The van der Waals surface area contributed by atoms with Gasteiger partial charge < -0.3 is 31.1 Å². The molecule has 2 aromatic carbocycles. The number of amides is 4. The number of carbonyl (C=O) groups excluding carboxylic acids is 4. The van der Waals surface area contributed by atoms with Crippen LogP contribution in [0.15, 0.2) is 60.7 Å². The van der Waals surface area contributed by atoms with E-state index in [2.05, 4.69) is 21.3 Å². The number of aliphatic hydroxyl groups is 1. The molecule has 5 N–H and O–H groups in total. The molecule has 1 saturated heterocycles. The molecular formula is C28H36N4O6. The van der Waals surface area contributed by atoms with Crippen LogP contribution in [-0.4, -0.2) is 59.7 Å². The largest absolute Gasteiger partial charge is 0.445 e. The Morgan fingerprint density at radius 3 is 2.16 bits per heavy atom. The highest BCUT2D eigenvalue weighted by Gasteiger charge is 2.36. The van der Waals surface area contributed by atoms with Crippen molar-refractivity contribution in [2.75, 3.05) is 6.54 Å². The molecule has 10 nitrogen and oxygen atoms in total. The number of carbonyl (C=O) groups is 4. The van der Waals surface area contributed by atoms with Gasteiger partial charge in [-0.15, -0.1) is 0 Å². The zero-order valence-electron chi connectivity index (χ0n) is 21.7. The van der Waals surface area contributed by atoms with Crippen LogP contribution in [0.4, 0.5) is 4.79 Å². The first kappa shape index (κ1) is 28.6. The summed E-state index contributed by atoms with van der Waals surface area (Å²) in [4.78, 5) is 50.8. The topological polar surface area (TPSA) is 146 Å². The Hall–Kier alpha value is -3.92. The van der Waals surface area contributed by atoms with E-state index in [1.165, 1.54) is 0 Å². The highest BCUT2D eigenvalue weighted by atomic mass is 16.5. The van der Waals surface area contributed by atoms with Gasteiger partial charge in [-0.1, -0.05) is 60.7 Å². The Bertz CT molecular complexity index is 1080. The van der Waals surface area contributed by atoms with Gasteiger partial charge in [0.05, 0.1) is 6.04 Å². The molecule has 0 spiro atoms. The average Bonchev–Trinajstić information content (AvgIpc) is 3.31. The van der Waals surface area contributed by atoms with Crippen molar-refractivity contribution < 1.29 is 29.0 Å². The van der Waals surface area contributed by atoms with Gasteiger partial charge in [-0.2, -0.15) is 0 Å². The Labute approximate surface area is 222 Å². The summed E-state index contributed by atoms with van der Waals surface area (Å²) in [5.74, 6) is -1.91. The Morgan fingerprint density at radius 2 is 1.58 bits per heavy atom. The fraction of sp³-hybridized carbons (Fsp3) is 0.429. The van der Waals surface area contributed by atoms with E-state index in [1.54, 1.807) is 13.8 Å². The molecule has 2 aromatic rings. The molecule has 204 valence electrons. The number of hydrogen-bond acceptors (Lipinski definition) is 6. The van der Waals surface area contributed by atoms with Crippen LogP contribution in [0.25, 0.3) is 0 Å². The van der Waals surface area contributed by atoms with E-state index in [0.717, 1.165) is 11.1 Å². The van der Waals surface area contributed by atoms with Crippen LogP contribution in [0, 0.1) is 5.92 Å². The van der Waals surface area contributed by atoms with Crippen LogP contribution in [-0.2, 0) is 32.1 Å². The van der Waals surface area contributed by atoms with Crippen LogP contribution in [0.3, 0.4) is 0 Å². The maximum atomic E-state index is 13.4. The quantitative estimate of drug-likeness (QED) is 0.284. The highest BCUT2D eigenvalue weighted by Crippen LogP contribution is 2.18. The smallest absolute Gasteiger partial charge is 0.408 e. The lowest BCUT2D eigenvalue weighted by atomic mass is 9.94. The maximum Gasteiger partial charge on any atom is 0.408 e. The molecule has 1 aliphatic rings. The molecule has 1 fully saturated rings. The Balaban J connectivity index is 1.74. The fourth-order valence-electron chi connectivity index (χ4n) is 4.25. The number of nitrogens with one attached hydrogen (secondary N) is 4. The van der Waals surface area contributed by atoms with Gasteiger partial charge >= 0.3 is 6.09 Å². The highest BCUT2D eigenvalue weighted by molar-refractivity contribution is 5.88. The SMILES string of the molecule is CC(C)NC(=O)C(O)[C@H](CC1CCNC1=O)NC(=O)[C@H](Cc1ccccc1)NC(=O)OCc1ccccc1. The zero-order chi connectivity index (χ0) is 27.5. The first-order valence-corrected chi connectivity index (χ1v) is 12.8. The van der Waals surface area contributed by atoms with Crippen molar-refractivity contribution in [3.8, 4) is 0 Å². The van der Waals surface area contributed by atoms with Gasteiger partial charge in [0.1, 0.15) is 12.6 Å². The molecule has 3 rings (SSSR count). The summed E-state index contributed by atoms with van der Waals surface area (Å²) in [5.41, 5.74) is 1.58. The molecule has 4 atom stereocenters. The van der Waals surface area contributed by atoms with Crippen LogP contribution < -0.4 is 21.3 Å². The van der Waals surface area contributed by atoms with Gasteiger partial charge in [0.25, 0.3) is 5.91 Å². The van der Waals surface area contributed by atoms with Crippen molar-refractivity contribution >= 4 is 23.8 Å². The second-order valence-electron chi connectivity index (χ2n) is 9.68. The summed E-state index contributed by atoms with van der Waals surface area (Å²) in [7, 11) is 0. The van der Waals surface area contributed by atoms with Crippen LogP contribution in [0.5, 0.6) is 0 Å². The standard InChI is InChI=1S/C28H36N4O6/c1-18(2)30-27(36)24(33)22(16-21-13-14-29-25(21)34)31-26(35)23(15-19-9-5-3-6-10-19)32-28(37)38-17-20-11-7-4-8-12-20/h3-12,18,21-24,33H,13-17H2,1-2H3,(H,29,34)(H,30,36)(H,31,35)(H,32,37)/t21?,22-,23-,24?/m0/s1. The van der Waals surface area contributed by atoms with E-state index in [4.69, 9.17) is 4.74 Å². The van der Waals surface area contributed by atoms with Crippen molar-refractivity contribution in [2.24, 2.45) is 5.92 Å². The van der Waals surface area contributed by atoms with Gasteiger partial charge in [-0.3, -0.25) is 14.4 Å². The van der Waals surface area contributed by atoms with E-state index in [9.17, 15) is 24.3 Å². The average molecular weight is 525 g/mol.